The molecule has 0 atom stereocenters. The molecule has 0 fully saturated rings. The van der Waals surface area contributed by atoms with E-state index in [1.807, 2.05) is 18.2 Å². The van der Waals surface area contributed by atoms with E-state index in [2.05, 4.69) is 23.8 Å². The molecule has 0 aliphatic rings. The van der Waals surface area contributed by atoms with Crippen molar-refractivity contribution in [3.63, 3.8) is 0 Å². The second kappa shape index (κ2) is 8.24. The first-order valence-electron chi connectivity index (χ1n) is 3.92. The SMILES string of the molecule is COCCO.Cc1ccccc1. The Balaban J connectivity index is 0.000000217. The molecule has 2 heteroatoms. The third-order valence-corrected chi connectivity index (χ3v) is 1.24. The number of methoxy groups -OCH3 is 1. The third kappa shape index (κ3) is 7.25. The quantitative estimate of drug-likeness (QED) is 0.727. The van der Waals surface area contributed by atoms with Gasteiger partial charge in [-0.2, -0.15) is 0 Å². The molecule has 0 saturated heterocycles. The summed E-state index contributed by atoms with van der Waals surface area (Å²) in [5.41, 5.74) is 1.32. The summed E-state index contributed by atoms with van der Waals surface area (Å²) in [6.07, 6.45) is 0. The van der Waals surface area contributed by atoms with Crippen molar-refractivity contribution in [1.29, 1.82) is 0 Å². The average molecular weight is 168 g/mol. The number of aliphatic hydroxyl groups excluding tert-OH is 1. The molecule has 0 aliphatic heterocycles. The van der Waals surface area contributed by atoms with Crippen molar-refractivity contribution in [2.75, 3.05) is 20.3 Å². The molecule has 0 unspecified atom stereocenters. The normalized spacial score (nSPS) is 8.58. The fourth-order valence-corrected chi connectivity index (χ4v) is 0.626. The van der Waals surface area contributed by atoms with Crippen LogP contribution in [0.5, 0.6) is 0 Å². The summed E-state index contributed by atoms with van der Waals surface area (Å²) in [7, 11) is 1.55. The van der Waals surface area contributed by atoms with Crippen LogP contribution in [0.25, 0.3) is 0 Å². The lowest BCUT2D eigenvalue weighted by atomic mass is 10.2. The van der Waals surface area contributed by atoms with Gasteiger partial charge < -0.3 is 9.84 Å². The number of aliphatic hydroxyl groups is 1. The summed E-state index contributed by atoms with van der Waals surface area (Å²) in [4.78, 5) is 0. The van der Waals surface area contributed by atoms with Crippen molar-refractivity contribution < 1.29 is 9.84 Å². The van der Waals surface area contributed by atoms with Crippen LogP contribution in [-0.2, 0) is 4.74 Å². The van der Waals surface area contributed by atoms with E-state index in [4.69, 9.17) is 5.11 Å². The van der Waals surface area contributed by atoms with Crippen molar-refractivity contribution in [3.8, 4) is 0 Å². The lowest BCUT2D eigenvalue weighted by molar-refractivity contribution is 0.135. The van der Waals surface area contributed by atoms with Crippen LogP contribution in [-0.4, -0.2) is 25.4 Å². The molecule has 0 saturated carbocycles. The Morgan fingerprint density at radius 2 is 1.83 bits per heavy atom. The zero-order valence-corrected chi connectivity index (χ0v) is 7.66. The highest BCUT2D eigenvalue weighted by Crippen LogP contribution is 1.92. The van der Waals surface area contributed by atoms with Crippen LogP contribution in [0.15, 0.2) is 30.3 Å². The summed E-state index contributed by atoms with van der Waals surface area (Å²) < 4.78 is 4.44. The molecule has 0 spiro atoms. The third-order valence-electron chi connectivity index (χ3n) is 1.24. The van der Waals surface area contributed by atoms with Gasteiger partial charge >= 0.3 is 0 Å². The van der Waals surface area contributed by atoms with E-state index in [0.717, 1.165) is 0 Å². The first-order valence-corrected chi connectivity index (χ1v) is 3.92. The van der Waals surface area contributed by atoms with Gasteiger partial charge in [0, 0.05) is 7.11 Å². The Hall–Kier alpha value is -0.860. The van der Waals surface area contributed by atoms with Crippen LogP contribution < -0.4 is 0 Å². The smallest absolute Gasteiger partial charge is 0.0693 e. The number of hydrogen-bond acceptors (Lipinski definition) is 2. The van der Waals surface area contributed by atoms with Crippen LogP contribution in [0, 0.1) is 6.92 Å². The van der Waals surface area contributed by atoms with Crippen LogP contribution in [0.3, 0.4) is 0 Å². The van der Waals surface area contributed by atoms with E-state index in [-0.39, 0.29) is 6.61 Å². The van der Waals surface area contributed by atoms with Gasteiger partial charge in [-0.3, -0.25) is 0 Å². The van der Waals surface area contributed by atoms with Gasteiger partial charge in [-0.25, -0.2) is 0 Å². The maximum atomic E-state index is 7.94. The Morgan fingerprint density at radius 1 is 1.25 bits per heavy atom. The van der Waals surface area contributed by atoms with E-state index >= 15 is 0 Å². The van der Waals surface area contributed by atoms with Gasteiger partial charge in [0.25, 0.3) is 0 Å². The van der Waals surface area contributed by atoms with Crippen LogP contribution in [0.2, 0.25) is 0 Å². The molecule has 0 amide bonds. The van der Waals surface area contributed by atoms with Gasteiger partial charge in [0.2, 0.25) is 0 Å². The van der Waals surface area contributed by atoms with E-state index in [0.29, 0.717) is 6.61 Å². The molecule has 2 nitrogen and oxygen atoms in total. The molecule has 1 aromatic carbocycles. The van der Waals surface area contributed by atoms with Crippen LogP contribution >= 0.6 is 0 Å². The molecule has 0 aliphatic carbocycles. The fourth-order valence-electron chi connectivity index (χ4n) is 0.626. The molecule has 0 aromatic heterocycles. The van der Waals surface area contributed by atoms with Crippen molar-refractivity contribution in [3.05, 3.63) is 35.9 Å². The van der Waals surface area contributed by atoms with E-state index in [1.165, 1.54) is 5.56 Å². The van der Waals surface area contributed by atoms with Crippen molar-refractivity contribution in [2.24, 2.45) is 0 Å². The number of benzene rings is 1. The molecule has 68 valence electrons. The molecule has 0 radical (unpaired) electrons. The molecule has 1 N–H and O–H groups in total. The molecule has 12 heavy (non-hydrogen) atoms. The van der Waals surface area contributed by atoms with Crippen LogP contribution in [0.4, 0.5) is 0 Å². The Kier molecular flexibility index (Phi) is 7.65. The standard InChI is InChI=1S/C7H8.C3H8O2/c1-7-5-3-2-4-6-7;1-5-3-2-4/h2-6H,1H3;4H,2-3H2,1H3. The van der Waals surface area contributed by atoms with Gasteiger partial charge in [-0.05, 0) is 6.92 Å². The minimum Gasteiger partial charge on any atom is -0.394 e. The number of rotatable bonds is 2. The maximum absolute atomic E-state index is 7.94. The fraction of sp³-hybridized carbons (Fsp3) is 0.400. The topological polar surface area (TPSA) is 29.5 Å². The summed E-state index contributed by atoms with van der Waals surface area (Å²) >= 11 is 0. The molecule has 0 heterocycles. The number of aryl methyl sites for hydroxylation is 1. The van der Waals surface area contributed by atoms with Gasteiger partial charge in [0.15, 0.2) is 0 Å². The summed E-state index contributed by atoms with van der Waals surface area (Å²) in [6, 6.07) is 10.3. The first-order chi connectivity index (χ1) is 5.81. The Bertz CT molecular complexity index is 170. The predicted molar refractivity (Wildman–Crippen MR) is 50.1 cm³/mol. The monoisotopic (exact) mass is 168 g/mol. The highest BCUT2D eigenvalue weighted by Gasteiger charge is 1.72. The zero-order chi connectivity index (χ0) is 9.23. The van der Waals surface area contributed by atoms with E-state index in [1.54, 1.807) is 7.11 Å². The number of hydrogen-bond donors (Lipinski definition) is 1. The summed E-state index contributed by atoms with van der Waals surface area (Å²) in [5, 5.41) is 7.94. The number of ether oxygens (including phenoxy) is 1. The molecule has 0 bridgehead atoms. The lowest BCUT2D eigenvalue weighted by Gasteiger charge is -1.84. The van der Waals surface area contributed by atoms with Gasteiger partial charge in [0.05, 0.1) is 13.2 Å². The maximum Gasteiger partial charge on any atom is 0.0693 e. The van der Waals surface area contributed by atoms with Gasteiger partial charge in [0.1, 0.15) is 0 Å². The minimum atomic E-state index is 0.122. The van der Waals surface area contributed by atoms with E-state index < -0.39 is 0 Å². The van der Waals surface area contributed by atoms with Crippen LogP contribution in [0.1, 0.15) is 5.56 Å². The first kappa shape index (κ1) is 11.1. The van der Waals surface area contributed by atoms with Crippen molar-refractivity contribution in [2.45, 2.75) is 6.92 Å². The van der Waals surface area contributed by atoms with Crippen molar-refractivity contribution in [1.82, 2.24) is 0 Å². The van der Waals surface area contributed by atoms with E-state index in [9.17, 15) is 0 Å². The van der Waals surface area contributed by atoms with Crippen molar-refractivity contribution >= 4 is 0 Å². The largest absolute Gasteiger partial charge is 0.394 e. The lowest BCUT2D eigenvalue weighted by Crippen LogP contribution is -1.91. The molecular formula is C10H16O2. The highest BCUT2D eigenvalue weighted by atomic mass is 16.5. The average Bonchev–Trinajstić information content (AvgIpc) is 2.08. The summed E-state index contributed by atoms with van der Waals surface area (Å²) in [5.74, 6) is 0. The zero-order valence-electron chi connectivity index (χ0n) is 7.66. The highest BCUT2D eigenvalue weighted by molar-refractivity contribution is 5.11. The molecule has 1 aromatic rings. The predicted octanol–water partition coefficient (Wildman–Crippen LogP) is 1.62. The Morgan fingerprint density at radius 3 is 2.00 bits per heavy atom. The molecule has 1 rings (SSSR count). The summed E-state index contributed by atoms with van der Waals surface area (Å²) in [6.45, 7) is 2.65. The molecular weight excluding hydrogens is 152 g/mol. The second-order valence-corrected chi connectivity index (χ2v) is 2.37. The minimum absolute atomic E-state index is 0.122. The second-order valence-electron chi connectivity index (χ2n) is 2.37. The van der Waals surface area contributed by atoms with Gasteiger partial charge in [-0.15, -0.1) is 0 Å². The Labute approximate surface area is 73.8 Å². The van der Waals surface area contributed by atoms with Gasteiger partial charge in [-0.1, -0.05) is 35.9 Å².